The van der Waals surface area contributed by atoms with Gasteiger partial charge in [0, 0.05) is 17.8 Å². The zero-order valence-electron chi connectivity index (χ0n) is 18.4. The molecule has 4 aromatic rings. The van der Waals surface area contributed by atoms with Gasteiger partial charge in [-0.15, -0.1) is 0 Å². The van der Waals surface area contributed by atoms with E-state index in [0.717, 1.165) is 0 Å². The van der Waals surface area contributed by atoms with Crippen LogP contribution in [-0.2, 0) is 0 Å². The quantitative estimate of drug-likeness (QED) is 0.438. The first kappa shape index (κ1) is 22.4. The molecule has 168 valence electrons. The maximum absolute atomic E-state index is 13.5. The Labute approximate surface area is 196 Å². The minimum absolute atomic E-state index is 0.212. The summed E-state index contributed by atoms with van der Waals surface area (Å²) in [6, 6.07) is 20.3. The Hall–Kier alpha value is -3.84. The Morgan fingerprint density at radius 3 is 2.52 bits per heavy atom. The molecule has 8 heteroatoms. The van der Waals surface area contributed by atoms with Crippen LogP contribution in [0.4, 0.5) is 10.5 Å². The van der Waals surface area contributed by atoms with Crippen LogP contribution in [0.1, 0.15) is 18.8 Å². The number of rotatable bonds is 5. The van der Waals surface area contributed by atoms with E-state index in [1.807, 2.05) is 13.0 Å². The number of fused-ring (bicyclic) bond motifs is 1. The van der Waals surface area contributed by atoms with Crippen molar-refractivity contribution in [1.29, 1.82) is 0 Å². The van der Waals surface area contributed by atoms with Crippen LogP contribution in [0.5, 0.6) is 5.75 Å². The topological polar surface area (TPSA) is 76.5 Å². The predicted octanol–water partition coefficient (Wildman–Crippen LogP) is 5.27. The smallest absolute Gasteiger partial charge is 0.322 e. The van der Waals surface area contributed by atoms with Gasteiger partial charge in [0.1, 0.15) is 11.6 Å². The molecule has 4 rings (SSSR count). The monoisotopic (exact) mass is 462 g/mol. The molecule has 0 saturated carbocycles. The molecule has 0 saturated heterocycles. The summed E-state index contributed by atoms with van der Waals surface area (Å²) in [5, 5.41) is 3.85. The van der Waals surface area contributed by atoms with Gasteiger partial charge in [-0.2, -0.15) is 0 Å². The summed E-state index contributed by atoms with van der Waals surface area (Å²) in [6.45, 7) is 1.83. The van der Waals surface area contributed by atoms with Crippen LogP contribution < -0.4 is 15.6 Å². The summed E-state index contributed by atoms with van der Waals surface area (Å²) >= 11 is 6.03. The highest BCUT2D eigenvalue weighted by Gasteiger charge is 2.24. The van der Waals surface area contributed by atoms with Gasteiger partial charge in [-0.25, -0.2) is 9.78 Å². The highest BCUT2D eigenvalue weighted by molar-refractivity contribution is 6.30. The summed E-state index contributed by atoms with van der Waals surface area (Å²) in [4.78, 5) is 32.7. The predicted molar refractivity (Wildman–Crippen MR) is 131 cm³/mol. The van der Waals surface area contributed by atoms with Crippen molar-refractivity contribution in [2.75, 3.05) is 19.5 Å². The second-order valence-electron chi connectivity index (χ2n) is 7.55. The van der Waals surface area contributed by atoms with Gasteiger partial charge in [0.05, 0.1) is 29.7 Å². The number of amides is 2. The molecule has 1 aromatic heterocycles. The van der Waals surface area contributed by atoms with Crippen molar-refractivity contribution in [3.05, 3.63) is 94.0 Å². The molecule has 0 radical (unpaired) electrons. The number of nitrogens with one attached hydrogen (secondary N) is 1. The number of carbonyl (C=O) groups excluding carboxylic acids is 1. The van der Waals surface area contributed by atoms with E-state index in [9.17, 15) is 9.59 Å². The Kier molecular flexibility index (Phi) is 6.33. The Bertz CT molecular complexity index is 1370. The number of benzene rings is 3. The summed E-state index contributed by atoms with van der Waals surface area (Å²) in [7, 11) is 3.24. The van der Waals surface area contributed by atoms with Crippen molar-refractivity contribution in [3.63, 3.8) is 0 Å². The molecular formula is C25H23ClN4O3. The van der Waals surface area contributed by atoms with Crippen molar-refractivity contribution in [2.24, 2.45) is 0 Å². The molecule has 3 aromatic carbocycles. The van der Waals surface area contributed by atoms with Crippen LogP contribution in [0.2, 0.25) is 5.02 Å². The first-order valence-corrected chi connectivity index (χ1v) is 10.7. The van der Waals surface area contributed by atoms with Crippen LogP contribution in [-0.4, -0.2) is 34.6 Å². The molecule has 2 amide bonds. The van der Waals surface area contributed by atoms with Gasteiger partial charge in [-0.3, -0.25) is 9.36 Å². The lowest BCUT2D eigenvalue weighted by atomic mass is 10.2. The van der Waals surface area contributed by atoms with Crippen molar-refractivity contribution in [3.8, 4) is 11.4 Å². The molecule has 7 nitrogen and oxygen atoms in total. The van der Waals surface area contributed by atoms with Crippen LogP contribution in [0.25, 0.3) is 16.6 Å². The lowest BCUT2D eigenvalue weighted by Crippen LogP contribution is -2.37. The molecule has 0 aliphatic rings. The van der Waals surface area contributed by atoms with Crippen LogP contribution in [0.3, 0.4) is 0 Å². The van der Waals surface area contributed by atoms with Crippen molar-refractivity contribution < 1.29 is 9.53 Å². The zero-order valence-corrected chi connectivity index (χ0v) is 19.2. The fourth-order valence-corrected chi connectivity index (χ4v) is 3.73. The maximum atomic E-state index is 13.5. The second kappa shape index (κ2) is 9.34. The highest BCUT2D eigenvalue weighted by Crippen LogP contribution is 2.24. The standard InChI is InChI=1S/C25H23ClN4O3/c1-16(29(2)25(32)27-18-8-6-7-17(26)15-18)23-28-22-10-5-4-9-21(22)24(31)30(23)19-11-13-20(33-3)14-12-19/h4-16H,1-3H3,(H,27,32). The maximum Gasteiger partial charge on any atom is 0.322 e. The van der Waals surface area contributed by atoms with Crippen LogP contribution in [0, 0.1) is 0 Å². The fourth-order valence-electron chi connectivity index (χ4n) is 3.54. The Morgan fingerprint density at radius 2 is 1.82 bits per heavy atom. The molecule has 0 aliphatic heterocycles. The number of methoxy groups -OCH3 is 1. The zero-order chi connectivity index (χ0) is 23.5. The summed E-state index contributed by atoms with van der Waals surface area (Å²) in [6.07, 6.45) is 0. The Balaban J connectivity index is 1.77. The average Bonchev–Trinajstić information content (AvgIpc) is 2.83. The van der Waals surface area contributed by atoms with Crippen molar-refractivity contribution in [2.45, 2.75) is 13.0 Å². The first-order valence-electron chi connectivity index (χ1n) is 10.3. The summed E-state index contributed by atoms with van der Waals surface area (Å²) in [5.41, 5.74) is 1.56. The number of urea groups is 1. The molecule has 0 fully saturated rings. The van der Waals surface area contributed by atoms with E-state index < -0.39 is 6.04 Å². The molecular weight excluding hydrogens is 440 g/mol. The molecule has 1 heterocycles. The van der Waals surface area contributed by atoms with Gasteiger partial charge in [0.25, 0.3) is 5.56 Å². The number of ether oxygens (including phenoxy) is 1. The molecule has 1 unspecified atom stereocenters. The molecule has 1 N–H and O–H groups in total. The van der Waals surface area contributed by atoms with Gasteiger partial charge in [-0.05, 0) is 61.5 Å². The number of nitrogens with zero attached hydrogens (tertiary/aromatic N) is 3. The largest absolute Gasteiger partial charge is 0.497 e. The van der Waals surface area contributed by atoms with E-state index in [2.05, 4.69) is 5.32 Å². The SMILES string of the molecule is COc1ccc(-n2c(C(C)N(C)C(=O)Nc3cccc(Cl)c3)nc3ccccc3c2=O)cc1. The van der Waals surface area contributed by atoms with Crippen LogP contribution >= 0.6 is 11.6 Å². The van der Waals surface area contributed by atoms with E-state index in [-0.39, 0.29) is 11.6 Å². The third-order valence-corrected chi connectivity index (χ3v) is 5.72. The van der Waals surface area contributed by atoms with Gasteiger partial charge in [0.2, 0.25) is 0 Å². The summed E-state index contributed by atoms with van der Waals surface area (Å²) in [5.74, 6) is 1.11. The number of aromatic nitrogens is 2. The minimum atomic E-state index is -0.524. The Morgan fingerprint density at radius 1 is 1.09 bits per heavy atom. The number of para-hydroxylation sites is 1. The highest BCUT2D eigenvalue weighted by atomic mass is 35.5. The van der Waals surface area contributed by atoms with E-state index in [1.165, 1.54) is 9.47 Å². The minimum Gasteiger partial charge on any atom is -0.497 e. The molecule has 0 bridgehead atoms. The molecule has 0 spiro atoms. The van der Waals surface area contributed by atoms with Gasteiger partial charge in [0.15, 0.2) is 0 Å². The van der Waals surface area contributed by atoms with Gasteiger partial charge >= 0.3 is 6.03 Å². The van der Waals surface area contributed by atoms with E-state index >= 15 is 0 Å². The number of anilines is 1. The lowest BCUT2D eigenvalue weighted by Gasteiger charge is -2.27. The van der Waals surface area contributed by atoms with Crippen molar-refractivity contribution >= 4 is 34.2 Å². The van der Waals surface area contributed by atoms with Gasteiger partial charge < -0.3 is 15.0 Å². The van der Waals surface area contributed by atoms with Gasteiger partial charge in [-0.1, -0.05) is 29.8 Å². The first-order chi connectivity index (χ1) is 15.9. The van der Waals surface area contributed by atoms with E-state index in [1.54, 1.807) is 80.9 Å². The third-order valence-electron chi connectivity index (χ3n) is 5.48. The average molecular weight is 463 g/mol. The number of carbonyl (C=O) groups is 1. The number of hydrogen-bond donors (Lipinski definition) is 1. The van der Waals surface area contributed by atoms with Crippen molar-refractivity contribution in [1.82, 2.24) is 14.5 Å². The number of hydrogen-bond acceptors (Lipinski definition) is 4. The molecule has 33 heavy (non-hydrogen) atoms. The number of halogens is 1. The molecule has 0 aliphatic carbocycles. The summed E-state index contributed by atoms with van der Waals surface area (Å²) < 4.78 is 6.78. The third kappa shape index (κ3) is 4.54. The van der Waals surface area contributed by atoms with E-state index in [0.29, 0.717) is 38.9 Å². The molecule has 1 atom stereocenters. The van der Waals surface area contributed by atoms with Crippen LogP contribution in [0.15, 0.2) is 77.6 Å². The second-order valence-corrected chi connectivity index (χ2v) is 7.99. The lowest BCUT2D eigenvalue weighted by molar-refractivity contribution is 0.205. The normalized spacial score (nSPS) is 11.8. The van der Waals surface area contributed by atoms with E-state index in [4.69, 9.17) is 21.3 Å². The fraction of sp³-hybridized carbons (Fsp3) is 0.160.